The van der Waals surface area contributed by atoms with E-state index in [-0.39, 0.29) is 12.3 Å². The fourth-order valence-electron chi connectivity index (χ4n) is 2.17. The molecule has 0 fully saturated rings. The molecule has 2 aromatic heterocycles. The summed E-state index contributed by atoms with van der Waals surface area (Å²) in [6.45, 7) is 0. The van der Waals surface area contributed by atoms with Crippen LogP contribution in [0.15, 0.2) is 34.7 Å². The molecule has 3 rings (SSSR count). The molecule has 0 aliphatic carbocycles. The minimum Gasteiger partial charge on any atom is -0.495 e. The number of halogens is 2. The predicted molar refractivity (Wildman–Crippen MR) is 93.2 cm³/mol. The molecule has 124 valence electrons. The van der Waals surface area contributed by atoms with Crippen LogP contribution in [0.3, 0.4) is 0 Å². The van der Waals surface area contributed by atoms with E-state index < -0.39 is 5.97 Å². The van der Waals surface area contributed by atoms with Gasteiger partial charge in [-0.3, -0.25) is 4.79 Å². The summed E-state index contributed by atoms with van der Waals surface area (Å²) in [6.07, 6.45) is -0.252. The molecular weight excluding hydrogens is 373 g/mol. The molecule has 1 aromatic carbocycles. The summed E-state index contributed by atoms with van der Waals surface area (Å²) < 4.78 is 11.5. The molecule has 3 aromatic rings. The molecule has 0 saturated heterocycles. The van der Waals surface area contributed by atoms with Crippen molar-refractivity contribution in [3.63, 3.8) is 0 Å². The molecule has 8 heteroatoms. The highest BCUT2D eigenvalue weighted by Crippen LogP contribution is 2.37. The summed E-state index contributed by atoms with van der Waals surface area (Å²) in [6, 6.07) is 8.58. The van der Waals surface area contributed by atoms with Crippen molar-refractivity contribution in [3.8, 4) is 27.8 Å². The molecule has 24 heavy (non-hydrogen) atoms. The maximum atomic E-state index is 11.1. The number of hydrogen-bond acceptors (Lipinski definition) is 5. The van der Waals surface area contributed by atoms with Crippen LogP contribution in [0.1, 0.15) is 5.69 Å². The standard InChI is InChI=1S/C16H11Cl2NO4S/c1-22-11-3-2-8(6-9(11)17)16-19-10(7-14(20)21)15(23-16)12-4-5-13(18)24-12/h2-6H,7H2,1H3,(H,20,21). The highest BCUT2D eigenvalue weighted by atomic mass is 35.5. The predicted octanol–water partition coefficient (Wildman–Crippen LogP) is 5.01. The number of aromatic nitrogens is 1. The number of rotatable bonds is 5. The van der Waals surface area contributed by atoms with Gasteiger partial charge in [-0.15, -0.1) is 11.3 Å². The molecule has 0 unspecified atom stereocenters. The summed E-state index contributed by atoms with van der Waals surface area (Å²) in [5.41, 5.74) is 0.962. The Bertz CT molecular complexity index is 903. The molecule has 0 radical (unpaired) electrons. The van der Waals surface area contributed by atoms with E-state index in [1.807, 2.05) is 0 Å². The number of carboxylic acid groups (broad SMARTS) is 1. The van der Waals surface area contributed by atoms with Crippen LogP contribution in [0, 0.1) is 0 Å². The quantitative estimate of drug-likeness (QED) is 0.669. The lowest BCUT2D eigenvalue weighted by molar-refractivity contribution is -0.136. The number of ether oxygens (including phenoxy) is 1. The zero-order valence-corrected chi connectivity index (χ0v) is 14.7. The molecule has 0 spiro atoms. The first-order valence-corrected chi connectivity index (χ1v) is 8.36. The third kappa shape index (κ3) is 3.40. The molecule has 5 nitrogen and oxygen atoms in total. The van der Waals surface area contributed by atoms with E-state index in [1.165, 1.54) is 18.4 Å². The van der Waals surface area contributed by atoms with Crippen LogP contribution in [0.5, 0.6) is 5.75 Å². The summed E-state index contributed by atoms with van der Waals surface area (Å²) in [7, 11) is 1.52. The monoisotopic (exact) mass is 383 g/mol. The Morgan fingerprint density at radius 1 is 1.33 bits per heavy atom. The van der Waals surface area contributed by atoms with Crippen molar-refractivity contribution < 1.29 is 19.1 Å². The third-order valence-corrected chi connectivity index (χ3v) is 4.74. The topological polar surface area (TPSA) is 72.6 Å². The Hall–Kier alpha value is -2.02. The van der Waals surface area contributed by atoms with Crippen LogP contribution >= 0.6 is 34.5 Å². The summed E-state index contributed by atoms with van der Waals surface area (Å²) in [5.74, 6) is 0.223. The maximum absolute atomic E-state index is 11.1. The highest BCUT2D eigenvalue weighted by molar-refractivity contribution is 7.19. The third-order valence-electron chi connectivity index (χ3n) is 3.21. The van der Waals surface area contributed by atoms with Crippen LogP contribution in [0.4, 0.5) is 0 Å². The van der Waals surface area contributed by atoms with Crippen LogP contribution in [0.25, 0.3) is 22.1 Å². The zero-order valence-electron chi connectivity index (χ0n) is 12.4. The van der Waals surface area contributed by atoms with E-state index in [9.17, 15) is 4.79 Å². The molecule has 0 saturated carbocycles. The van der Waals surface area contributed by atoms with Gasteiger partial charge in [0.1, 0.15) is 5.75 Å². The Kier molecular flexibility index (Phi) is 4.80. The molecular formula is C16H11Cl2NO4S. The Balaban J connectivity index is 2.07. The van der Waals surface area contributed by atoms with Crippen molar-refractivity contribution in [2.75, 3.05) is 7.11 Å². The Morgan fingerprint density at radius 3 is 2.71 bits per heavy atom. The number of oxazole rings is 1. The first-order valence-electron chi connectivity index (χ1n) is 6.79. The van der Waals surface area contributed by atoms with E-state index in [4.69, 9.17) is 37.5 Å². The molecule has 0 aliphatic rings. The van der Waals surface area contributed by atoms with Crippen LogP contribution < -0.4 is 4.74 Å². The van der Waals surface area contributed by atoms with Crippen LogP contribution in [0.2, 0.25) is 9.36 Å². The normalized spacial score (nSPS) is 10.8. The van der Waals surface area contributed by atoms with Gasteiger partial charge in [0.15, 0.2) is 5.76 Å². The lowest BCUT2D eigenvalue weighted by Gasteiger charge is -2.03. The van der Waals surface area contributed by atoms with Gasteiger partial charge in [0.05, 0.1) is 33.5 Å². The van der Waals surface area contributed by atoms with Crippen molar-refractivity contribution in [2.24, 2.45) is 0 Å². The first kappa shape index (κ1) is 16.8. The van der Waals surface area contributed by atoms with Crippen molar-refractivity contribution in [1.29, 1.82) is 0 Å². The fraction of sp³-hybridized carbons (Fsp3) is 0.125. The number of thiophene rings is 1. The number of methoxy groups -OCH3 is 1. The molecule has 0 amide bonds. The average Bonchev–Trinajstić information content (AvgIpc) is 3.13. The molecule has 0 bridgehead atoms. The van der Waals surface area contributed by atoms with Crippen LogP contribution in [-0.2, 0) is 11.2 Å². The minimum absolute atomic E-state index is 0.252. The van der Waals surface area contributed by atoms with E-state index in [0.29, 0.717) is 32.1 Å². The van der Waals surface area contributed by atoms with Gasteiger partial charge in [0, 0.05) is 5.56 Å². The van der Waals surface area contributed by atoms with Gasteiger partial charge in [-0.05, 0) is 30.3 Å². The van der Waals surface area contributed by atoms with Crippen molar-refractivity contribution in [3.05, 3.63) is 45.4 Å². The van der Waals surface area contributed by atoms with Crippen molar-refractivity contribution in [1.82, 2.24) is 4.98 Å². The van der Waals surface area contributed by atoms with E-state index in [2.05, 4.69) is 4.98 Å². The number of hydrogen-bond donors (Lipinski definition) is 1. The number of benzene rings is 1. The second kappa shape index (κ2) is 6.84. The van der Waals surface area contributed by atoms with Gasteiger partial charge in [-0.2, -0.15) is 0 Å². The first-order chi connectivity index (χ1) is 11.5. The Morgan fingerprint density at radius 2 is 2.12 bits per heavy atom. The second-order valence-electron chi connectivity index (χ2n) is 4.82. The van der Waals surface area contributed by atoms with Gasteiger partial charge in [-0.25, -0.2) is 4.98 Å². The van der Waals surface area contributed by atoms with Crippen LogP contribution in [-0.4, -0.2) is 23.2 Å². The summed E-state index contributed by atoms with van der Waals surface area (Å²) >= 11 is 13.4. The van der Waals surface area contributed by atoms with Gasteiger partial charge in [-0.1, -0.05) is 23.2 Å². The average molecular weight is 384 g/mol. The van der Waals surface area contributed by atoms with Gasteiger partial charge in [0.2, 0.25) is 5.89 Å². The van der Waals surface area contributed by atoms with Gasteiger partial charge in [0.25, 0.3) is 0 Å². The fourth-order valence-corrected chi connectivity index (χ4v) is 3.47. The van der Waals surface area contributed by atoms with E-state index in [1.54, 1.807) is 30.3 Å². The lowest BCUT2D eigenvalue weighted by Crippen LogP contribution is -2.01. The molecule has 2 heterocycles. The molecule has 0 aliphatic heterocycles. The minimum atomic E-state index is -0.994. The van der Waals surface area contributed by atoms with E-state index in [0.717, 1.165) is 4.88 Å². The second-order valence-corrected chi connectivity index (χ2v) is 6.94. The Labute approximate surface area is 151 Å². The van der Waals surface area contributed by atoms with Crippen molar-refractivity contribution >= 4 is 40.5 Å². The van der Waals surface area contributed by atoms with Gasteiger partial charge >= 0.3 is 5.97 Å². The number of carbonyl (C=O) groups is 1. The lowest BCUT2D eigenvalue weighted by atomic mass is 10.2. The number of aliphatic carboxylic acids is 1. The smallest absolute Gasteiger partial charge is 0.309 e. The summed E-state index contributed by atoms with van der Waals surface area (Å²) in [5, 5.41) is 9.50. The number of nitrogens with zero attached hydrogens (tertiary/aromatic N) is 1. The maximum Gasteiger partial charge on any atom is 0.309 e. The number of carboxylic acids is 1. The molecule has 1 N–H and O–H groups in total. The van der Waals surface area contributed by atoms with Gasteiger partial charge < -0.3 is 14.3 Å². The SMILES string of the molecule is COc1ccc(-c2nc(CC(=O)O)c(-c3ccc(Cl)s3)o2)cc1Cl. The van der Waals surface area contributed by atoms with Crippen molar-refractivity contribution in [2.45, 2.75) is 6.42 Å². The molecule has 0 atom stereocenters. The van der Waals surface area contributed by atoms with E-state index >= 15 is 0 Å². The summed E-state index contributed by atoms with van der Waals surface area (Å²) in [4.78, 5) is 16.1. The zero-order chi connectivity index (χ0) is 17.3. The highest BCUT2D eigenvalue weighted by Gasteiger charge is 2.20. The largest absolute Gasteiger partial charge is 0.495 e.